The highest BCUT2D eigenvalue weighted by Crippen LogP contribution is 2.05. The number of hydrogen-bond acceptors (Lipinski definition) is 3. The Morgan fingerprint density at radius 1 is 1.54 bits per heavy atom. The topological polar surface area (TPSA) is 37.3 Å². The third-order valence-corrected chi connectivity index (χ3v) is 2.13. The number of amidine groups is 1. The zero-order chi connectivity index (χ0) is 9.10. The van der Waals surface area contributed by atoms with Crippen LogP contribution in [0.15, 0.2) is 23.3 Å². The Morgan fingerprint density at radius 2 is 2.46 bits per heavy atom. The fourth-order valence-corrected chi connectivity index (χ4v) is 1.41. The molecule has 0 unspecified atom stereocenters. The van der Waals surface area contributed by atoms with Crippen LogP contribution in [0.2, 0.25) is 0 Å². The van der Waals surface area contributed by atoms with Gasteiger partial charge in [0.25, 0.3) is 0 Å². The standard InChI is InChI=1S/C10H13N3/c1-2-9-7-8(3-4-11-9)10-12-5-6-13-10/h3-4,7H,2,5-6H2,1H3,(H,12,13). The third kappa shape index (κ3) is 1.69. The fourth-order valence-electron chi connectivity index (χ4n) is 1.41. The first-order chi connectivity index (χ1) is 6.40. The molecule has 3 nitrogen and oxygen atoms in total. The number of nitrogens with zero attached hydrogens (tertiary/aromatic N) is 2. The average Bonchev–Trinajstić information content (AvgIpc) is 2.71. The molecule has 0 aromatic carbocycles. The summed E-state index contributed by atoms with van der Waals surface area (Å²) >= 11 is 0. The van der Waals surface area contributed by atoms with Crippen molar-refractivity contribution in [3.05, 3.63) is 29.6 Å². The zero-order valence-electron chi connectivity index (χ0n) is 7.75. The van der Waals surface area contributed by atoms with Crippen LogP contribution in [0, 0.1) is 0 Å². The largest absolute Gasteiger partial charge is 0.368 e. The lowest BCUT2D eigenvalue weighted by atomic mass is 10.2. The summed E-state index contributed by atoms with van der Waals surface area (Å²) in [6.45, 7) is 3.95. The maximum absolute atomic E-state index is 4.36. The van der Waals surface area contributed by atoms with E-state index in [1.165, 1.54) is 0 Å². The average molecular weight is 175 g/mol. The van der Waals surface area contributed by atoms with E-state index in [9.17, 15) is 0 Å². The van der Waals surface area contributed by atoms with Gasteiger partial charge in [-0.15, -0.1) is 0 Å². The third-order valence-electron chi connectivity index (χ3n) is 2.13. The molecule has 13 heavy (non-hydrogen) atoms. The summed E-state index contributed by atoms with van der Waals surface area (Å²) in [6.07, 6.45) is 2.82. The predicted molar refractivity (Wildman–Crippen MR) is 53.0 cm³/mol. The molecule has 0 fully saturated rings. The molecule has 0 saturated heterocycles. The van der Waals surface area contributed by atoms with Crippen LogP contribution in [0.1, 0.15) is 18.2 Å². The van der Waals surface area contributed by atoms with Crippen molar-refractivity contribution >= 4 is 5.84 Å². The van der Waals surface area contributed by atoms with Gasteiger partial charge in [0, 0.05) is 24.0 Å². The molecule has 0 atom stereocenters. The predicted octanol–water partition coefficient (Wildman–Crippen LogP) is 0.994. The van der Waals surface area contributed by atoms with Crippen molar-refractivity contribution in [1.29, 1.82) is 0 Å². The van der Waals surface area contributed by atoms with E-state index >= 15 is 0 Å². The molecule has 1 aliphatic heterocycles. The highest BCUT2D eigenvalue weighted by molar-refractivity contribution is 5.99. The second kappa shape index (κ2) is 3.56. The first-order valence-electron chi connectivity index (χ1n) is 4.64. The van der Waals surface area contributed by atoms with Crippen molar-refractivity contribution in [3.8, 4) is 0 Å². The van der Waals surface area contributed by atoms with E-state index in [0.29, 0.717) is 0 Å². The first-order valence-corrected chi connectivity index (χ1v) is 4.64. The van der Waals surface area contributed by atoms with Crippen molar-refractivity contribution in [1.82, 2.24) is 10.3 Å². The van der Waals surface area contributed by atoms with E-state index in [1.807, 2.05) is 12.3 Å². The Bertz CT molecular complexity index is 331. The summed E-state index contributed by atoms with van der Waals surface area (Å²) in [5.74, 6) is 1.01. The van der Waals surface area contributed by atoms with Crippen LogP contribution < -0.4 is 5.32 Å². The molecule has 0 radical (unpaired) electrons. The van der Waals surface area contributed by atoms with Crippen molar-refractivity contribution in [2.45, 2.75) is 13.3 Å². The second-order valence-electron chi connectivity index (χ2n) is 3.05. The molecule has 1 N–H and O–H groups in total. The normalized spacial score (nSPS) is 15.3. The summed E-state index contributed by atoms with van der Waals surface area (Å²) < 4.78 is 0. The van der Waals surface area contributed by atoms with Crippen molar-refractivity contribution in [2.24, 2.45) is 4.99 Å². The Balaban J connectivity index is 2.29. The summed E-state index contributed by atoms with van der Waals surface area (Å²) in [4.78, 5) is 8.61. The van der Waals surface area contributed by atoms with Gasteiger partial charge >= 0.3 is 0 Å². The molecule has 1 aliphatic rings. The summed E-state index contributed by atoms with van der Waals surface area (Å²) in [5.41, 5.74) is 2.28. The fraction of sp³-hybridized carbons (Fsp3) is 0.400. The number of aryl methyl sites for hydroxylation is 1. The highest BCUT2D eigenvalue weighted by atomic mass is 15.1. The second-order valence-corrected chi connectivity index (χ2v) is 3.05. The SMILES string of the molecule is CCc1cc(C2=NCCN2)ccn1. The number of aliphatic imine (C=N–C) groups is 1. The molecule has 68 valence electrons. The minimum absolute atomic E-state index is 0.888. The van der Waals surface area contributed by atoms with Gasteiger partial charge in [-0.05, 0) is 18.6 Å². The van der Waals surface area contributed by atoms with E-state index in [1.54, 1.807) is 0 Å². The van der Waals surface area contributed by atoms with Crippen LogP contribution in [0.4, 0.5) is 0 Å². The van der Waals surface area contributed by atoms with Gasteiger partial charge in [-0.3, -0.25) is 9.98 Å². The van der Waals surface area contributed by atoms with Crippen LogP contribution in [0.5, 0.6) is 0 Å². The molecule has 2 rings (SSSR count). The van der Waals surface area contributed by atoms with Gasteiger partial charge < -0.3 is 5.32 Å². The Morgan fingerprint density at radius 3 is 3.15 bits per heavy atom. The minimum atomic E-state index is 0.888. The number of nitrogens with one attached hydrogen (secondary N) is 1. The molecule has 3 heteroatoms. The molecular formula is C10H13N3. The molecule has 1 aromatic heterocycles. The van der Waals surface area contributed by atoms with E-state index < -0.39 is 0 Å². The Kier molecular flexibility index (Phi) is 2.25. The molecule has 0 spiro atoms. The van der Waals surface area contributed by atoms with Gasteiger partial charge in [0.2, 0.25) is 0 Å². The lowest BCUT2D eigenvalue weighted by Gasteiger charge is -2.03. The van der Waals surface area contributed by atoms with E-state index in [0.717, 1.165) is 36.6 Å². The molecule has 1 aromatic rings. The van der Waals surface area contributed by atoms with Crippen LogP contribution in [-0.2, 0) is 6.42 Å². The molecule has 0 aliphatic carbocycles. The smallest absolute Gasteiger partial charge is 0.128 e. The molecular weight excluding hydrogens is 162 g/mol. The van der Waals surface area contributed by atoms with Gasteiger partial charge in [-0.2, -0.15) is 0 Å². The van der Waals surface area contributed by atoms with Gasteiger partial charge in [-0.25, -0.2) is 0 Å². The lowest BCUT2D eigenvalue weighted by molar-refractivity contribution is 0.959. The zero-order valence-corrected chi connectivity index (χ0v) is 7.75. The van der Waals surface area contributed by atoms with Crippen LogP contribution in [0.3, 0.4) is 0 Å². The van der Waals surface area contributed by atoms with Crippen molar-refractivity contribution < 1.29 is 0 Å². The summed E-state index contributed by atoms with van der Waals surface area (Å²) in [5, 5.41) is 3.25. The molecule has 0 bridgehead atoms. The number of aromatic nitrogens is 1. The quantitative estimate of drug-likeness (QED) is 0.728. The molecule has 2 heterocycles. The van der Waals surface area contributed by atoms with Crippen LogP contribution in [-0.4, -0.2) is 23.9 Å². The maximum atomic E-state index is 4.36. The van der Waals surface area contributed by atoms with E-state index in [-0.39, 0.29) is 0 Å². The number of hydrogen-bond donors (Lipinski definition) is 1. The van der Waals surface area contributed by atoms with Gasteiger partial charge in [0.15, 0.2) is 0 Å². The highest BCUT2D eigenvalue weighted by Gasteiger charge is 2.07. The summed E-state index contributed by atoms with van der Waals surface area (Å²) in [7, 11) is 0. The number of pyridine rings is 1. The van der Waals surface area contributed by atoms with Gasteiger partial charge in [0.05, 0.1) is 6.54 Å². The van der Waals surface area contributed by atoms with Crippen molar-refractivity contribution in [2.75, 3.05) is 13.1 Å². The Hall–Kier alpha value is -1.38. The lowest BCUT2D eigenvalue weighted by Crippen LogP contribution is -2.19. The van der Waals surface area contributed by atoms with Crippen molar-refractivity contribution in [3.63, 3.8) is 0 Å². The van der Waals surface area contributed by atoms with E-state index in [2.05, 4.69) is 28.3 Å². The first kappa shape index (κ1) is 8.23. The van der Waals surface area contributed by atoms with Gasteiger partial charge in [-0.1, -0.05) is 6.92 Å². The monoisotopic (exact) mass is 175 g/mol. The molecule has 0 amide bonds. The minimum Gasteiger partial charge on any atom is -0.368 e. The van der Waals surface area contributed by atoms with Crippen LogP contribution in [0.25, 0.3) is 0 Å². The number of rotatable bonds is 2. The van der Waals surface area contributed by atoms with E-state index in [4.69, 9.17) is 0 Å². The molecule has 0 saturated carbocycles. The Labute approximate surface area is 77.9 Å². The maximum Gasteiger partial charge on any atom is 0.128 e. The van der Waals surface area contributed by atoms with Gasteiger partial charge in [0.1, 0.15) is 5.84 Å². The summed E-state index contributed by atoms with van der Waals surface area (Å²) in [6, 6.07) is 4.09. The van der Waals surface area contributed by atoms with Crippen LogP contribution >= 0.6 is 0 Å².